The SMILES string of the molecule is Cc1c(C(=O)NCc2ccccc2)[nH]c2cccc(OC3CCNCC3)c12.Cl. The predicted octanol–water partition coefficient (Wildman–Crippen LogP) is 3.96. The van der Waals surface area contributed by atoms with Gasteiger partial charge in [-0.15, -0.1) is 12.4 Å². The molecule has 0 unspecified atom stereocenters. The molecule has 5 nitrogen and oxygen atoms in total. The Kier molecular flexibility index (Phi) is 6.60. The van der Waals surface area contributed by atoms with Crippen LogP contribution in [0.5, 0.6) is 5.75 Å². The number of aromatic nitrogens is 1. The van der Waals surface area contributed by atoms with Crippen molar-refractivity contribution in [2.45, 2.75) is 32.4 Å². The van der Waals surface area contributed by atoms with Crippen LogP contribution >= 0.6 is 12.4 Å². The first-order valence-electron chi connectivity index (χ1n) is 9.53. The molecule has 1 saturated heterocycles. The summed E-state index contributed by atoms with van der Waals surface area (Å²) in [5.41, 5.74) is 3.54. The summed E-state index contributed by atoms with van der Waals surface area (Å²) in [6.07, 6.45) is 2.23. The molecule has 1 amide bonds. The number of benzene rings is 2. The van der Waals surface area contributed by atoms with Crippen LogP contribution < -0.4 is 15.4 Å². The molecule has 3 N–H and O–H groups in total. The normalized spacial score (nSPS) is 14.5. The molecule has 28 heavy (non-hydrogen) atoms. The molecule has 2 aromatic carbocycles. The molecule has 2 heterocycles. The quantitative estimate of drug-likeness (QED) is 0.608. The smallest absolute Gasteiger partial charge is 0.268 e. The highest BCUT2D eigenvalue weighted by Gasteiger charge is 2.20. The number of carbonyl (C=O) groups is 1. The van der Waals surface area contributed by atoms with Crippen LogP contribution in [0.1, 0.15) is 34.5 Å². The summed E-state index contributed by atoms with van der Waals surface area (Å²) in [5, 5.41) is 7.36. The van der Waals surface area contributed by atoms with Crippen molar-refractivity contribution in [3.63, 3.8) is 0 Å². The highest BCUT2D eigenvalue weighted by molar-refractivity contribution is 6.02. The van der Waals surface area contributed by atoms with Gasteiger partial charge in [0.25, 0.3) is 5.91 Å². The number of amides is 1. The second kappa shape index (κ2) is 9.13. The van der Waals surface area contributed by atoms with Gasteiger partial charge in [-0.05, 0) is 56.1 Å². The fourth-order valence-corrected chi connectivity index (χ4v) is 3.66. The Morgan fingerprint density at radius 1 is 1.11 bits per heavy atom. The Bertz CT molecular complexity index is 934. The zero-order chi connectivity index (χ0) is 18.6. The minimum absolute atomic E-state index is 0. The third kappa shape index (κ3) is 4.32. The van der Waals surface area contributed by atoms with Crippen LogP contribution in [-0.2, 0) is 6.54 Å². The van der Waals surface area contributed by atoms with Crippen molar-refractivity contribution in [3.8, 4) is 5.75 Å². The van der Waals surface area contributed by atoms with Gasteiger partial charge in [0, 0.05) is 17.4 Å². The van der Waals surface area contributed by atoms with E-state index >= 15 is 0 Å². The van der Waals surface area contributed by atoms with Gasteiger partial charge < -0.3 is 20.4 Å². The third-order valence-corrected chi connectivity index (χ3v) is 5.14. The lowest BCUT2D eigenvalue weighted by atomic mass is 10.1. The van der Waals surface area contributed by atoms with Crippen LogP contribution in [0.4, 0.5) is 0 Å². The van der Waals surface area contributed by atoms with Gasteiger partial charge >= 0.3 is 0 Å². The summed E-state index contributed by atoms with van der Waals surface area (Å²) in [7, 11) is 0. The van der Waals surface area contributed by atoms with Crippen molar-refractivity contribution in [1.29, 1.82) is 0 Å². The highest BCUT2D eigenvalue weighted by Crippen LogP contribution is 2.32. The van der Waals surface area contributed by atoms with E-state index in [0.29, 0.717) is 12.2 Å². The average Bonchev–Trinajstić information content (AvgIpc) is 3.05. The van der Waals surface area contributed by atoms with E-state index in [0.717, 1.165) is 53.7 Å². The number of ether oxygens (including phenoxy) is 1. The number of rotatable bonds is 5. The van der Waals surface area contributed by atoms with E-state index in [1.807, 2.05) is 55.5 Å². The topological polar surface area (TPSA) is 66.2 Å². The Morgan fingerprint density at radius 2 is 1.86 bits per heavy atom. The molecule has 4 rings (SSSR count). The van der Waals surface area contributed by atoms with E-state index in [-0.39, 0.29) is 24.4 Å². The van der Waals surface area contributed by atoms with Crippen molar-refractivity contribution in [2.75, 3.05) is 13.1 Å². The number of halogens is 1. The standard InChI is InChI=1S/C22H25N3O2.ClH/c1-15-20-18(8-5-9-19(20)27-17-10-12-23-13-11-17)25-21(15)22(26)24-14-16-6-3-2-4-7-16;/h2-9,17,23,25H,10-14H2,1H3,(H,24,26);1H. The van der Waals surface area contributed by atoms with Crippen molar-refractivity contribution >= 4 is 29.2 Å². The number of aromatic amines is 1. The molecule has 0 radical (unpaired) electrons. The van der Waals surface area contributed by atoms with E-state index in [2.05, 4.69) is 15.6 Å². The second-order valence-corrected chi connectivity index (χ2v) is 7.04. The maximum absolute atomic E-state index is 12.7. The number of fused-ring (bicyclic) bond motifs is 1. The van der Waals surface area contributed by atoms with Crippen LogP contribution in [-0.4, -0.2) is 30.1 Å². The summed E-state index contributed by atoms with van der Waals surface area (Å²) >= 11 is 0. The number of H-pyrrole nitrogens is 1. The summed E-state index contributed by atoms with van der Waals surface area (Å²) in [6.45, 7) is 4.46. The van der Waals surface area contributed by atoms with Gasteiger partial charge in [0.1, 0.15) is 17.5 Å². The monoisotopic (exact) mass is 399 g/mol. The van der Waals surface area contributed by atoms with Gasteiger partial charge in [-0.3, -0.25) is 4.79 Å². The first-order chi connectivity index (χ1) is 13.2. The molecule has 6 heteroatoms. The molecule has 0 saturated carbocycles. The summed E-state index contributed by atoms with van der Waals surface area (Å²) in [6, 6.07) is 15.9. The second-order valence-electron chi connectivity index (χ2n) is 7.04. The maximum atomic E-state index is 12.7. The fraction of sp³-hybridized carbons (Fsp3) is 0.318. The lowest BCUT2D eigenvalue weighted by Crippen LogP contribution is -2.34. The summed E-state index contributed by atoms with van der Waals surface area (Å²) < 4.78 is 6.28. The molecule has 148 valence electrons. The van der Waals surface area contributed by atoms with E-state index in [1.165, 1.54) is 0 Å². The molecule has 0 atom stereocenters. The largest absolute Gasteiger partial charge is 0.490 e. The van der Waals surface area contributed by atoms with Crippen molar-refractivity contribution in [1.82, 2.24) is 15.6 Å². The van der Waals surface area contributed by atoms with Crippen LogP contribution in [0.15, 0.2) is 48.5 Å². The lowest BCUT2D eigenvalue weighted by Gasteiger charge is -2.24. The minimum Gasteiger partial charge on any atom is -0.490 e. The van der Waals surface area contributed by atoms with Crippen LogP contribution in [0.2, 0.25) is 0 Å². The first-order valence-corrected chi connectivity index (χ1v) is 9.53. The van der Waals surface area contributed by atoms with E-state index < -0.39 is 0 Å². The van der Waals surface area contributed by atoms with Gasteiger partial charge in [0.05, 0.1) is 0 Å². The molecule has 1 aromatic heterocycles. The predicted molar refractivity (Wildman–Crippen MR) is 114 cm³/mol. The van der Waals surface area contributed by atoms with Gasteiger partial charge in [-0.25, -0.2) is 0 Å². The fourth-order valence-electron chi connectivity index (χ4n) is 3.66. The maximum Gasteiger partial charge on any atom is 0.268 e. The average molecular weight is 400 g/mol. The Morgan fingerprint density at radius 3 is 2.61 bits per heavy atom. The number of piperidine rings is 1. The molecule has 0 spiro atoms. The minimum atomic E-state index is -0.0969. The molecule has 3 aromatic rings. The molecular formula is C22H26ClN3O2. The van der Waals surface area contributed by atoms with Crippen molar-refractivity contribution in [3.05, 3.63) is 65.4 Å². The highest BCUT2D eigenvalue weighted by atomic mass is 35.5. The van der Waals surface area contributed by atoms with Gasteiger partial charge in [-0.2, -0.15) is 0 Å². The summed E-state index contributed by atoms with van der Waals surface area (Å²) in [4.78, 5) is 16.0. The molecular weight excluding hydrogens is 374 g/mol. The Labute approximate surface area is 171 Å². The van der Waals surface area contributed by atoms with Crippen LogP contribution in [0, 0.1) is 6.92 Å². The van der Waals surface area contributed by atoms with E-state index in [4.69, 9.17) is 4.74 Å². The lowest BCUT2D eigenvalue weighted by molar-refractivity contribution is 0.0946. The zero-order valence-electron chi connectivity index (χ0n) is 16.0. The molecule has 1 aliphatic heterocycles. The number of aryl methyl sites for hydroxylation is 1. The van der Waals surface area contributed by atoms with Crippen molar-refractivity contribution in [2.24, 2.45) is 0 Å². The van der Waals surface area contributed by atoms with Gasteiger partial charge in [0.2, 0.25) is 0 Å². The Hall–Kier alpha value is -2.50. The van der Waals surface area contributed by atoms with Crippen LogP contribution in [0.3, 0.4) is 0 Å². The molecule has 1 fully saturated rings. The third-order valence-electron chi connectivity index (χ3n) is 5.14. The number of nitrogens with one attached hydrogen (secondary N) is 3. The number of hydrogen-bond donors (Lipinski definition) is 3. The van der Waals surface area contributed by atoms with Crippen molar-refractivity contribution < 1.29 is 9.53 Å². The number of hydrogen-bond acceptors (Lipinski definition) is 3. The Balaban J connectivity index is 0.00000225. The molecule has 1 aliphatic rings. The molecule has 0 aliphatic carbocycles. The van der Waals surface area contributed by atoms with E-state index in [1.54, 1.807) is 0 Å². The summed E-state index contributed by atoms with van der Waals surface area (Å²) in [5.74, 6) is 0.760. The van der Waals surface area contributed by atoms with Gasteiger partial charge in [-0.1, -0.05) is 36.4 Å². The number of carbonyl (C=O) groups excluding carboxylic acids is 1. The first kappa shape index (κ1) is 20.2. The molecule has 0 bridgehead atoms. The van der Waals surface area contributed by atoms with E-state index in [9.17, 15) is 4.79 Å². The van der Waals surface area contributed by atoms with Crippen LogP contribution in [0.25, 0.3) is 10.9 Å². The van der Waals surface area contributed by atoms with Gasteiger partial charge in [0.15, 0.2) is 0 Å². The zero-order valence-corrected chi connectivity index (χ0v) is 16.8.